The molecule has 4 rings (SSSR count). The van der Waals surface area contributed by atoms with Gasteiger partial charge in [0.15, 0.2) is 0 Å². The average Bonchev–Trinajstić information content (AvgIpc) is 3.09. The molecule has 0 heterocycles. The average molecular weight is 500 g/mol. The van der Waals surface area contributed by atoms with Crippen molar-refractivity contribution in [1.29, 1.82) is 0 Å². The Bertz CT molecular complexity index is 863. The highest BCUT2D eigenvalue weighted by Crippen LogP contribution is 2.68. The van der Waals surface area contributed by atoms with E-state index < -0.39 is 15.9 Å². The van der Waals surface area contributed by atoms with Gasteiger partial charge in [-0.1, -0.05) is 20.8 Å². The van der Waals surface area contributed by atoms with E-state index in [9.17, 15) is 23.4 Å². The van der Waals surface area contributed by atoms with E-state index in [4.69, 9.17) is 4.55 Å². The van der Waals surface area contributed by atoms with Gasteiger partial charge in [-0.25, -0.2) is 0 Å². The number of hydrogen-bond donors (Lipinski definition) is 4. The Hall–Kier alpha value is -0.700. The summed E-state index contributed by atoms with van der Waals surface area (Å²) in [6, 6.07) is 0. The molecule has 34 heavy (non-hydrogen) atoms. The summed E-state index contributed by atoms with van der Waals surface area (Å²) in [7, 11) is -4.06. The first-order chi connectivity index (χ1) is 15.8. The van der Waals surface area contributed by atoms with Crippen LogP contribution in [0.3, 0.4) is 0 Å². The topological polar surface area (TPSA) is 124 Å². The maximum Gasteiger partial charge on any atom is 0.266 e. The summed E-state index contributed by atoms with van der Waals surface area (Å²) < 4.78 is 30.5. The smallest absolute Gasteiger partial charge is 0.266 e. The van der Waals surface area contributed by atoms with E-state index in [0.717, 1.165) is 51.4 Å². The number of hydrogen-bond acceptors (Lipinski definition) is 5. The van der Waals surface area contributed by atoms with Crippen molar-refractivity contribution in [3.05, 3.63) is 0 Å². The van der Waals surface area contributed by atoms with Crippen LogP contribution >= 0.6 is 0 Å². The highest BCUT2D eigenvalue weighted by molar-refractivity contribution is 7.85. The van der Waals surface area contributed by atoms with Crippen molar-refractivity contribution < 1.29 is 28.0 Å². The van der Waals surface area contributed by atoms with E-state index >= 15 is 0 Å². The van der Waals surface area contributed by atoms with Crippen LogP contribution in [-0.4, -0.2) is 53.6 Å². The molecular formula is C26H45NO6S. The van der Waals surface area contributed by atoms with Crippen LogP contribution in [0, 0.1) is 46.3 Å². The van der Waals surface area contributed by atoms with Crippen molar-refractivity contribution in [3.63, 3.8) is 0 Å². The van der Waals surface area contributed by atoms with Gasteiger partial charge in [-0.2, -0.15) is 8.42 Å². The van der Waals surface area contributed by atoms with E-state index in [1.165, 1.54) is 6.42 Å². The molecule has 0 aliphatic heterocycles. The predicted molar refractivity (Wildman–Crippen MR) is 130 cm³/mol. The minimum absolute atomic E-state index is 0.0625. The largest absolute Gasteiger partial charge is 0.393 e. The zero-order valence-electron chi connectivity index (χ0n) is 21.1. The van der Waals surface area contributed by atoms with Gasteiger partial charge in [0.25, 0.3) is 10.1 Å². The summed E-state index contributed by atoms with van der Waals surface area (Å²) >= 11 is 0. The van der Waals surface area contributed by atoms with E-state index in [1.54, 1.807) is 0 Å². The Labute approximate surface area is 205 Å². The monoisotopic (exact) mass is 499 g/mol. The van der Waals surface area contributed by atoms with Crippen molar-refractivity contribution in [2.45, 2.75) is 97.2 Å². The lowest BCUT2D eigenvalue weighted by atomic mass is 9.43. The molecule has 1 amide bonds. The lowest BCUT2D eigenvalue weighted by Crippen LogP contribution is -2.58. The van der Waals surface area contributed by atoms with Crippen LogP contribution in [-0.2, 0) is 14.9 Å². The van der Waals surface area contributed by atoms with Gasteiger partial charge >= 0.3 is 0 Å². The van der Waals surface area contributed by atoms with Gasteiger partial charge in [-0.05, 0) is 104 Å². The maximum atomic E-state index is 12.2. The number of carbonyl (C=O) groups is 1. The number of carbonyl (C=O) groups excluding carboxylic acids is 1. The first-order valence-electron chi connectivity index (χ1n) is 13.4. The Morgan fingerprint density at radius 1 is 1.03 bits per heavy atom. The lowest BCUT2D eigenvalue weighted by molar-refractivity contribution is -0.174. The van der Waals surface area contributed by atoms with Gasteiger partial charge in [0, 0.05) is 13.0 Å². The SMILES string of the molecule is C[C@H](CCC(=O)NCCS(=O)(=O)O)[C@@H]1CC[C@@H]2[C@H]3[C@H](O)C[C@H]4C[C@@H](O)CC[C@]4(C)[C@@H]3CC[C@]21C. The molecule has 0 bridgehead atoms. The number of rotatable bonds is 7. The van der Waals surface area contributed by atoms with E-state index in [1.807, 2.05) is 0 Å². The van der Waals surface area contributed by atoms with Gasteiger partial charge < -0.3 is 15.5 Å². The maximum absolute atomic E-state index is 12.2. The summed E-state index contributed by atoms with van der Waals surface area (Å²) in [5.41, 5.74) is 0.411. The standard InChI is InChI=1S/C26H45NO6S/c1-16(4-7-23(30)27-12-13-34(31,32)33)19-5-6-20-24-21(9-11-26(19,20)3)25(2)10-8-18(28)14-17(25)15-22(24)29/h16-22,24,28-29H,4-15H2,1-3H3,(H,27,30)(H,31,32,33)/t16-,17-,18+,19+,20-,21-,22-,24-,25+,26+/m1/s1. The molecule has 7 nitrogen and oxygen atoms in total. The summed E-state index contributed by atoms with van der Waals surface area (Å²) in [5.74, 6) is 2.10. The Kier molecular flexibility index (Phi) is 7.47. The highest BCUT2D eigenvalue weighted by atomic mass is 32.2. The second-order valence-electron chi connectivity index (χ2n) is 12.6. The summed E-state index contributed by atoms with van der Waals surface area (Å²) in [6.45, 7) is 7.05. The fraction of sp³-hybridized carbons (Fsp3) is 0.962. The summed E-state index contributed by atoms with van der Waals surface area (Å²) in [4.78, 5) is 12.2. The van der Waals surface area contributed by atoms with E-state index in [0.29, 0.717) is 41.9 Å². The molecule has 0 saturated heterocycles. The number of nitrogens with one attached hydrogen (secondary N) is 1. The second-order valence-corrected chi connectivity index (χ2v) is 14.2. The molecule has 0 radical (unpaired) electrons. The molecule has 4 aliphatic rings. The van der Waals surface area contributed by atoms with Crippen LogP contribution < -0.4 is 5.32 Å². The number of amides is 1. The minimum atomic E-state index is -4.06. The van der Waals surface area contributed by atoms with Crippen LogP contribution in [0.5, 0.6) is 0 Å². The predicted octanol–water partition coefficient (Wildman–Crippen LogP) is 3.40. The third kappa shape index (κ3) is 4.94. The van der Waals surface area contributed by atoms with Gasteiger partial charge in [0.05, 0.1) is 18.0 Å². The first-order valence-corrected chi connectivity index (χ1v) is 15.0. The molecule has 4 N–H and O–H groups in total. The van der Waals surface area contributed by atoms with Gasteiger partial charge in [0.1, 0.15) is 0 Å². The number of fused-ring (bicyclic) bond motifs is 5. The number of aliphatic hydroxyl groups excluding tert-OH is 2. The normalized spacial score (nSPS) is 45.1. The van der Waals surface area contributed by atoms with Crippen molar-refractivity contribution in [3.8, 4) is 0 Å². The van der Waals surface area contributed by atoms with Gasteiger partial charge in [0.2, 0.25) is 5.91 Å². The molecule has 0 aromatic heterocycles. The van der Waals surface area contributed by atoms with E-state index in [2.05, 4.69) is 26.1 Å². The van der Waals surface area contributed by atoms with Crippen molar-refractivity contribution >= 4 is 16.0 Å². The highest BCUT2D eigenvalue weighted by Gasteiger charge is 2.62. The third-order valence-corrected chi connectivity index (χ3v) is 11.6. The molecule has 10 atom stereocenters. The molecule has 196 valence electrons. The molecular weight excluding hydrogens is 454 g/mol. The first kappa shape index (κ1) is 26.4. The molecule has 4 saturated carbocycles. The number of aliphatic hydroxyl groups is 2. The summed E-state index contributed by atoms with van der Waals surface area (Å²) in [5, 5.41) is 24.2. The van der Waals surface area contributed by atoms with Crippen molar-refractivity contribution in [2.75, 3.05) is 12.3 Å². The molecule has 0 aromatic rings. The fourth-order valence-corrected chi connectivity index (χ4v) is 9.50. The minimum Gasteiger partial charge on any atom is -0.393 e. The molecule has 4 aliphatic carbocycles. The zero-order valence-corrected chi connectivity index (χ0v) is 21.9. The van der Waals surface area contributed by atoms with Gasteiger partial charge in [-0.15, -0.1) is 0 Å². The van der Waals surface area contributed by atoms with Crippen LogP contribution in [0.4, 0.5) is 0 Å². The molecule has 0 aromatic carbocycles. The van der Waals surface area contributed by atoms with Crippen LogP contribution in [0.15, 0.2) is 0 Å². The zero-order chi connectivity index (χ0) is 24.9. The molecule has 0 unspecified atom stereocenters. The van der Waals surface area contributed by atoms with Crippen LogP contribution in [0.2, 0.25) is 0 Å². The molecule has 4 fully saturated rings. The van der Waals surface area contributed by atoms with Gasteiger partial charge in [-0.3, -0.25) is 9.35 Å². The lowest BCUT2D eigenvalue weighted by Gasteiger charge is -2.62. The van der Waals surface area contributed by atoms with Crippen LogP contribution in [0.25, 0.3) is 0 Å². The quantitative estimate of drug-likeness (QED) is 0.398. The van der Waals surface area contributed by atoms with Crippen molar-refractivity contribution in [2.24, 2.45) is 46.3 Å². The Morgan fingerprint density at radius 2 is 1.71 bits per heavy atom. The molecule has 0 spiro atoms. The Morgan fingerprint density at radius 3 is 2.41 bits per heavy atom. The molecule has 8 heteroatoms. The Balaban J connectivity index is 1.39. The third-order valence-electron chi connectivity index (χ3n) is 10.9. The second kappa shape index (κ2) is 9.64. The summed E-state index contributed by atoms with van der Waals surface area (Å²) in [6.07, 6.45) is 8.87. The fourth-order valence-electron chi connectivity index (χ4n) is 9.14. The van der Waals surface area contributed by atoms with Crippen LogP contribution in [0.1, 0.15) is 85.0 Å². The van der Waals surface area contributed by atoms with Crippen molar-refractivity contribution in [1.82, 2.24) is 5.32 Å². The van der Waals surface area contributed by atoms with E-state index in [-0.39, 0.29) is 35.5 Å².